The van der Waals surface area contributed by atoms with Gasteiger partial charge in [-0.15, -0.1) is 11.6 Å². The summed E-state index contributed by atoms with van der Waals surface area (Å²) in [4.78, 5) is 0. The predicted molar refractivity (Wildman–Crippen MR) is 80.7 cm³/mol. The Kier molecular flexibility index (Phi) is 3.79. The summed E-state index contributed by atoms with van der Waals surface area (Å²) in [6.07, 6.45) is 5.98. The van der Waals surface area contributed by atoms with Crippen LogP contribution >= 0.6 is 11.6 Å². The maximum atomic E-state index is 6.30. The molecule has 1 aliphatic rings. The van der Waals surface area contributed by atoms with E-state index in [0.29, 0.717) is 11.3 Å². The first-order valence-electron chi connectivity index (χ1n) is 7.36. The van der Waals surface area contributed by atoms with E-state index in [4.69, 9.17) is 16.7 Å². The van der Waals surface area contributed by atoms with Gasteiger partial charge in [0.25, 0.3) is 0 Å². The summed E-state index contributed by atoms with van der Waals surface area (Å²) < 4.78 is 2.12. The largest absolute Gasteiger partial charge is 0.265 e. The van der Waals surface area contributed by atoms with Crippen molar-refractivity contribution < 1.29 is 0 Å². The Morgan fingerprint density at radius 2 is 2.16 bits per heavy atom. The van der Waals surface area contributed by atoms with Crippen LogP contribution in [0.25, 0.3) is 10.9 Å². The average molecular weight is 277 g/mol. The highest BCUT2D eigenvalue weighted by atomic mass is 35.5. The standard InChI is InChI=1S/C16H21ClN2/c1-2-19-16-9-4-3-8-14(16)15(18-19)11-12-6-5-7-13(17)10-12/h3-4,8-9,12-13H,2,5-7,10-11H2,1H3. The van der Waals surface area contributed by atoms with Gasteiger partial charge in [0, 0.05) is 17.3 Å². The van der Waals surface area contributed by atoms with Crippen molar-refractivity contribution in [3.05, 3.63) is 30.0 Å². The van der Waals surface area contributed by atoms with E-state index >= 15 is 0 Å². The zero-order valence-electron chi connectivity index (χ0n) is 11.5. The van der Waals surface area contributed by atoms with E-state index in [1.807, 2.05) is 0 Å². The third-order valence-electron chi connectivity index (χ3n) is 4.23. The molecule has 3 heteroatoms. The van der Waals surface area contributed by atoms with E-state index < -0.39 is 0 Å². The van der Waals surface area contributed by atoms with Crippen LogP contribution in [0.4, 0.5) is 0 Å². The molecule has 0 aliphatic heterocycles. The maximum absolute atomic E-state index is 6.30. The fourth-order valence-corrected chi connectivity index (χ4v) is 3.68. The summed E-state index contributed by atoms with van der Waals surface area (Å²) in [5.74, 6) is 0.708. The summed E-state index contributed by atoms with van der Waals surface area (Å²) in [6, 6.07) is 8.57. The molecular formula is C16H21ClN2. The third kappa shape index (κ3) is 2.64. The van der Waals surface area contributed by atoms with Crippen LogP contribution in [0.15, 0.2) is 24.3 Å². The number of hydrogen-bond acceptors (Lipinski definition) is 1. The molecule has 0 saturated heterocycles. The van der Waals surface area contributed by atoms with Gasteiger partial charge in [-0.05, 0) is 44.6 Å². The number of nitrogens with zero attached hydrogens (tertiary/aromatic N) is 2. The van der Waals surface area contributed by atoms with E-state index in [1.165, 1.54) is 35.9 Å². The number of aromatic nitrogens is 2. The number of fused-ring (bicyclic) bond motifs is 1. The van der Waals surface area contributed by atoms with Gasteiger partial charge in [0.1, 0.15) is 0 Å². The van der Waals surface area contributed by atoms with Gasteiger partial charge in [0.05, 0.1) is 11.2 Å². The van der Waals surface area contributed by atoms with E-state index in [1.54, 1.807) is 0 Å². The minimum Gasteiger partial charge on any atom is -0.265 e. The lowest BCUT2D eigenvalue weighted by Crippen LogP contribution is -2.17. The summed E-state index contributed by atoms with van der Waals surface area (Å²) in [6.45, 7) is 3.09. The van der Waals surface area contributed by atoms with Crippen molar-refractivity contribution in [3.8, 4) is 0 Å². The Morgan fingerprint density at radius 1 is 1.32 bits per heavy atom. The number of hydrogen-bond donors (Lipinski definition) is 0. The summed E-state index contributed by atoms with van der Waals surface area (Å²) in [5.41, 5.74) is 2.52. The van der Waals surface area contributed by atoms with Crippen LogP contribution in [0, 0.1) is 5.92 Å². The average Bonchev–Trinajstić information content (AvgIpc) is 2.77. The number of benzene rings is 1. The van der Waals surface area contributed by atoms with Crippen LogP contribution in [0.1, 0.15) is 38.3 Å². The zero-order valence-corrected chi connectivity index (χ0v) is 12.2. The molecule has 0 N–H and O–H groups in total. The van der Waals surface area contributed by atoms with E-state index in [9.17, 15) is 0 Å². The molecule has 1 fully saturated rings. The Labute approximate surface area is 119 Å². The Morgan fingerprint density at radius 3 is 2.95 bits per heavy atom. The second-order valence-electron chi connectivity index (χ2n) is 5.61. The summed E-state index contributed by atoms with van der Waals surface area (Å²) in [5, 5.41) is 6.49. The second-order valence-corrected chi connectivity index (χ2v) is 6.23. The molecule has 1 saturated carbocycles. The SMILES string of the molecule is CCn1nc(CC2CCCC(Cl)C2)c2ccccc21. The molecule has 0 bridgehead atoms. The first-order chi connectivity index (χ1) is 9.28. The smallest absolute Gasteiger partial charge is 0.0706 e. The topological polar surface area (TPSA) is 17.8 Å². The molecule has 2 aromatic rings. The van der Waals surface area contributed by atoms with Gasteiger partial charge in [0.15, 0.2) is 0 Å². The molecule has 0 amide bonds. The lowest BCUT2D eigenvalue weighted by Gasteiger charge is -2.24. The summed E-state index contributed by atoms with van der Waals surface area (Å²) >= 11 is 6.30. The maximum Gasteiger partial charge on any atom is 0.0706 e. The molecule has 1 aromatic carbocycles. The number of para-hydroxylation sites is 1. The summed E-state index contributed by atoms with van der Waals surface area (Å²) in [7, 11) is 0. The van der Waals surface area contributed by atoms with Crippen LogP contribution in [0.5, 0.6) is 0 Å². The number of halogens is 1. The molecular weight excluding hydrogens is 256 g/mol. The normalized spacial score (nSPS) is 23.9. The van der Waals surface area contributed by atoms with Crippen LogP contribution < -0.4 is 0 Å². The van der Waals surface area contributed by atoms with Crippen molar-refractivity contribution in [2.45, 2.75) is 50.9 Å². The monoisotopic (exact) mass is 276 g/mol. The molecule has 1 aliphatic carbocycles. The van der Waals surface area contributed by atoms with Gasteiger partial charge in [-0.3, -0.25) is 4.68 Å². The van der Waals surface area contributed by atoms with E-state index in [2.05, 4.69) is 35.9 Å². The number of aryl methyl sites for hydroxylation is 1. The molecule has 2 atom stereocenters. The predicted octanol–water partition coefficient (Wildman–Crippen LogP) is 4.40. The van der Waals surface area contributed by atoms with Crippen LogP contribution in [0.2, 0.25) is 0 Å². The second kappa shape index (κ2) is 5.54. The fourth-order valence-electron chi connectivity index (χ4n) is 3.27. The molecule has 0 spiro atoms. The van der Waals surface area contributed by atoms with E-state index in [-0.39, 0.29) is 0 Å². The minimum absolute atomic E-state index is 0.373. The quantitative estimate of drug-likeness (QED) is 0.760. The highest BCUT2D eigenvalue weighted by Gasteiger charge is 2.22. The van der Waals surface area contributed by atoms with Crippen LogP contribution in [-0.4, -0.2) is 15.2 Å². The van der Waals surface area contributed by atoms with Gasteiger partial charge in [0.2, 0.25) is 0 Å². The molecule has 2 nitrogen and oxygen atoms in total. The van der Waals surface area contributed by atoms with Gasteiger partial charge in [-0.1, -0.05) is 24.6 Å². The first kappa shape index (κ1) is 13.0. The first-order valence-corrected chi connectivity index (χ1v) is 7.80. The molecule has 19 heavy (non-hydrogen) atoms. The van der Waals surface area contributed by atoms with Crippen molar-refractivity contribution in [2.75, 3.05) is 0 Å². The molecule has 1 heterocycles. The molecule has 2 unspecified atom stereocenters. The van der Waals surface area contributed by atoms with Gasteiger partial charge < -0.3 is 0 Å². The number of rotatable bonds is 3. The van der Waals surface area contributed by atoms with Gasteiger partial charge in [-0.2, -0.15) is 5.10 Å². The number of alkyl halides is 1. The minimum atomic E-state index is 0.373. The van der Waals surface area contributed by atoms with Crippen molar-refractivity contribution in [1.82, 2.24) is 9.78 Å². The Bertz CT molecular complexity index is 561. The Balaban J connectivity index is 1.88. The zero-order chi connectivity index (χ0) is 13.2. The van der Waals surface area contributed by atoms with Crippen molar-refractivity contribution in [3.63, 3.8) is 0 Å². The third-order valence-corrected chi connectivity index (χ3v) is 4.63. The van der Waals surface area contributed by atoms with Crippen molar-refractivity contribution in [1.29, 1.82) is 0 Å². The van der Waals surface area contributed by atoms with Crippen molar-refractivity contribution >= 4 is 22.5 Å². The van der Waals surface area contributed by atoms with Crippen LogP contribution in [-0.2, 0) is 13.0 Å². The Hall–Kier alpha value is -1.02. The van der Waals surface area contributed by atoms with Crippen LogP contribution in [0.3, 0.4) is 0 Å². The lowest BCUT2D eigenvalue weighted by atomic mass is 9.85. The van der Waals surface area contributed by atoms with Gasteiger partial charge in [-0.25, -0.2) is 0 Å². The molecule has 0 radical (unpaired) electrons. The van der Waals surface area contributed by atoms with E-state index in [0.717, 1.165) is 19.4 Å². The highest BCUT2D eigenvalue weighted by molar-refractivity contribution is 6.20. The van der Waals surface area contributed by atoms with Gasteiger partial charge >= 0.3 is 0 Å². The fraction of sp³-hybridized carbons (Fsp3) is 0.562. The lowest BCUT2D eigenvalue weighted by molar-refractivity contribution is 0.358. The molecule has 102 valence electrons. The van der Waals surface area contributed by atoms with Crippen molar-refractivity contribution in [2.24, 2.45) is 5.92 Å². The highest BCUT2D eigenvalue weighted by Crippen LogP contribution is 2.31. The molecule has 3 rings (SSSR count). The molecule has 1 aromatic heterocycles.